The lowest BCUT2D eigenvalue weighted by Gasteiger charge is -2.51. The van der Waals surface area contributed by atoms with Crippen molar-refractivity contribution in [2.24, 2.45) is 0 Å². The van der Waals surface area contributed by atoms with Crippen LogP contribution in [0.15, 0.2) is 66.7 Å². The van der Waals surface area contributed by atoms with Gasteiger partial charge in [0.2, 0.25) is 0 Å². The van der Waals surface area contributed by atoms with Gasteiger partial charge >= 0.3 is 0 Å². The summed E-state index contributed by atoms with van der Waals surface area (Å²) in [5, 5.41) is 2.59. The molecule has 3 aromatic rings. The van der Waals surface area contributed by atoms with Gasteiger partial charge in [0.1, 0.15) is 0 Å². The summed E-state index contributed by atoms with van der Waals surface area (Å²) >= 11 is 0. The van der Waals surface area contributed by atoms with Crippen molar-refractivity contribution in [3.63, 3.8) is 0 Å². The Hall–Kier alpha value is -2.28. The Morgan fingerprint density at radius 3 is 2.30 bits per heavy atom. The maximum Gasteiger partial charge on any atom is 0.0666 e. The van der Waals surface area contributed by atoms with Gasteiger partial charge in [-0.1, -0.05) is 48.5 Å². The topological polar surface area (TPSA) is 3.24 Å². The molecule has 0 saturated heterocycles. The van der Waals surface area contributed by atoms with E-state index in [9.17, 15) is 0 Å². The number of hydrogen-bond acceptors (Lipinski definition) is 1. The highest BCUT2D eigenvalue weighted by atomic mass is 15.3. The van der Waals surface area contributed by atoms with Gasteiger partial charge in [0, 0.05) is 16.9 Å². The smallest absolute Gasteiger partial charge is 0.0666 e. The predicted molar refractivity (Wildman–Crippen MR) is 85.6 cm³/mol. The SMILES string of the molecule is CC1(C)c2ccccc2N1c1ccc2ccccc2c1. The molecule has 0 fully saturated rings. The second kappa shape index (κ2) is 3.86. The molecule has 1 heterocycles. The zero-order chi connectivity index (χ0) is 13.7. The van der Waals surface area contributed by atoms with Crippen LogP contribution in [0.4, 0.5) is 11.4 Å². The van der Waals surface area contributed by atoms with Crippen molar-refractivity contribution in [1.82, 2.24) is 0 Å². The molecule has 0 unspecified atom stereocenters. The third-order valence-electron chi connectivity index (χ3n) is 4.35. The molecule has 0 atom stereocenters. The van der Waals surface area contributed by atoms with E-state index in [-0.39, 0.29) is 5.54 Å². The van der Waals surface area contributed by atoms with Gasteiger partial charge in [0.15, 0.2) is 0 Å². The lowest BCUT2D eigenvalue weighted by atomic mass is 9.81. The fourth-order valence-corrected chi connectivity index (χ4v) is 3.33. The van der Waals surface area contributed by atoms with Gasteiger partial charge < -0.3 is 4.90 Å². The van der Waals surface area contributed by atoms with Crippen molar-refractivity contribution in [1.29, 1.82) is 0 Å². The lowest BCUT2D eigenvalue weighted by molar-refractivity contribution is 0.485. The molecule has 1 aliphatic rings. The fraction of sp³-hybridized carbons (Fsp3) is 0.158. The summed E-state index contributed by atoms with van der Waals surface area (Å²) in [4.78, 5) is 2.43. The van der Waals surface area contributed by atoms with E-state index in [0.29, 0.717) is 0 Å². The van der Waals surface area contributed by atoms with Crippen molar-refractivity contribution in [2.75, 3.05) is 4.90 Å². The van der Waals surface area contributed by atoms with Gasteiger partial charge in [-0.05, 0) is 42.8 Å². The van der Waals surface area contributed by atoms with E-state index in [1.807, 2.05) is 0 Å². The van der Waals surface area contributed by atoms with Gasteiger partial charge in [-0.2, -0.15) is 0 Å². The molecule has 1 nitrogen and oxygen atoms in total. The first-order chi connectivity index (χ1) is 9.68. The van der Waals surface area contributed by atoms with Crippen LogP contribution in [0.5, 0.6) is 0 Å². The maximum atomic E-state index is 2.43. The fourth-order valence-electron chi connectivity index (χ4n) is 3.33. The Kier molecular flexibility index (Phi) is 2.23. The molecule has 20 heavy (non-hydrogen) atoms. The third-order valence-corrected chi connectivity index (χ3v) is 4.35. The zero-order valence-corrected chi connectivity index (χ0v) is 11.8. The van der Waals surface area contributed by atoms with E-state index >= 15 is 0 Å². The van der Waals surface area contributed by atoms with Crippen LogP contribution in [0.25, 0.3) is 10.8 Å². The highest BCUT2D eigenvalue weighted by Crippen LogP contribution is 2.52. The van der Waals surface area contributed by atoms with Crippen LogP contribution < -0.4 is 4.90 Å². The van der Waals surface area contributed by atoms with Crippen LogP contribution in [-0.4, -0.2) is 0 Å². The largest absolute Gasteiger partial charge is 0.331 e. The van der Waals surface area contributed by atoms with Crippen LogP contribution >= 0.6 is 0 Å². The highest BCUT2D eigenvalue weighted by molar-refractivity contribution is 5.89. The Morgan fingerprint density at radius 1 is 0.750 bits per heavy atom. The minimum atomic E-state index is 0.0685. The Morgan fingerprint density at radius 2 is 1.45 bits per heavy atom. The summed E-state index contributed by atoms with van der Waals surface area (Å²) in [5.41, 5.74) is 4.09. The average molecular weight is 259 g/mol. The Bertz CT molecular complexity index is 801. The number of anilines is 2. The number of para-hydroxylation sites is 1. The number of nitrogens with zero attached hydrogens (tertiary/aromatic N) is 1. The van der Waals surface area contributed by atoms with E-state index in [1.54, 1.807) is 0 Å². The Labute approximate surface area is 119 Å². The number of hydrogen-bond donors (Lipinski definition) is 0. The average Bonchev–Trinajstić information content (AvgIpc) is 2.47. The van der Waals surface area contributed by atoms with Crippen molar-refractivity contribution >= 4 is 22.1 Å². The number of rotatable bonds is 1. The Balaban J connectivity index is 1.88. The minimum Gasteiger partial charge on any atom is -0.331 e. The summed E-state index contributed by atoms with van der Waals surface area (Å²) in [6, 6.07) is 23.9. The molecule has 1 aliphatic heterocycles. The first kappa shape index (κ1) is 11.5. The highest BCUT2D eigenvalue weighted by Gasteiger charge is 2.42. The van der Waals surface area contributed by atoms with E-state index in [2.05, 4.69) is 85.5 Å². The molecule has 0 radical (unpaired) electrons. The summed E-state index contributed by atoms with van der Waals surface area (Å²) in [5.74, 6) is 0. The van der Waals surface area contributed by atoms with Gasteiger partial charge in [0.05, 0.1) is 5.54 Å². The normalized spacial score (nSPS) is 15.8. The van der Waals surface area contributed by atoms with Crippen LogP contribution in [0.2, 0.25) is 0 Å². The van der Waals surface area contributed by atoms with Crippen LogP contribution in [0.1, 0.15) is 19.4 Å². The molecule has 4 rings (SSSR count). The van der Waals surface area contributed by atoms with E-state index < -0.39 is 0 Å². The molecule has 0 aromatic heterocycles. The number of fused-ring (bicyclic) bond motifs is 2. The van der Waals surface area contributed by atoms with Gasteiger partial charge in [0.25, 0.3) is 0 Å². The quantitative estimate of drug-likeness (QED) is 0.578. The van der Waals surface area contributed by atoms with E-state index in [1.165, 1.54) is 27.7 Å². The molecule has 0 amide bonds. The molecular formula is C19H17N. The van der Waals surface area contributed by atoms with Crippen LogP contribution in [0.3, 0.4) is 0 Å². The van der Waals surface area contributed by atoms with Crippen molar-refractivity contribution in [3.05, 3.63) is 72.3 Å². The molecule has 1 heteroatoms. The van der Waals surface area contributed by atoms with Crippen LogP contribution in [-0.2, 0) is 5.54 Å². The summed E-state index contributed by atoms with van der Waals surface area (Å²) in [6.07, 6.45) is 0. The monoisotopic (exact) mass is 259 g/mol. The van der Waals surface area contributed by atoms with Crippen molar-refractivity contribution < 1.29 is 0 Å². The molecule has 98 valence electrons. The first-order valence-electron chi connectivity index (χ1n) is 7.06. The summed E-state index contributed by atoms with van der Waals surface area (Å²) in [6.45, 7) is 4.56. The van der Waals surface area contributed by atoms with Gasteiger partial charge in [-0.25, -0.2) is 0 Å². The van der Waals surface area contributed by atoms with Gasteiger partial charge in [-0.15, -0.1) is 0 Å². The third kappa shape index (κ3) is 1.44. The second-order valence-corrected chi connectivity index (χ2v) is 5.94. The maximum absolute atomic E-state index is 2.43. The van der Waals surface area contributed by atoms with E-state index in [0.717, 1.165) is 0 Å². The minimum absolute atomic E-state index is 0.0685. The molecule has 0 spiro atoms. The first-order valence-corrected chi connectivity index (χ1v) is 7.06. The number of benzene rings is 3. The molecule has 0 N–H and O–H groups in total. The standard InChI is InChI=1S/C19H17N/c1-19(2)17-9-5-6-10-18(17)20(19)16-12-11-14-7-3-4-8-15(14)13-16/h3-13H,1-2H3. The molecule has 3 aromatic carbocycles. The zero-order valence-electron chi connectivity index (χ0n) is 11.8. The molecular weight excluding hydrogens is 242 g/mol. The summed E-state index contributed by atoms with van der Waals surface area (Å²) < 4.78 is 0. The lowest BCUT2D eigenvalue weighted by Crippen LogP contribution is -2.47. The van der Waals surface area contributed by atoms with Crippen LogP contribution in [0, 0.1) is 0 Å². The molecule has 0 saturated carbocycles. The van der Waals surface area contributed by atoms with Crippen molar-refractivity contribution in [3.8, 4) is 0 Å². The summed E-state index contributed by atoms with van der Waals surface area (Å²) in [7, 11) is 0. The molecule has 0 bridgehead atoms. The van der Waals surface area contributed by atoms with Crippen molar-refractivity contribution in [2.45, 2.75) is 19.4 Å². The predicted octanol–water partition coefficient (Wildman–Crippen LogP) is 5.23. The van der Waals surface area contributed by atoms with E-state index in [4.69, 9.17) is 0 Å². The molecule has 0 aliphatic carbocycles. The second-order valence-electron chi connectivity index (χ2n) is 5.94. The van der Waals surface area contributed by atoms with Gasteiger partial charge in [-0.3, -0.25) is 0 Å².